The maximum Gasteiger partial charge on any atom is 0.0878 e. The molecule has 2 rings (SSSR count). The summed E-state index contributed by atoms with van der Waals surface area (Å²) in [5, 5.41) is 4.43. The van der Waals surface area contributed by atoms with Crippen LogP contribution >= 0.6 is 23.2 Å². The van der Waals surface area contributed by atoms with Gasteiger partial charge in [-0.15, -0.1) is 0 Å². The average molecular weight is 275 g/mol. The van der Waals surface area contributed by atoms with Gasteiger partial charge >= 0.3 is 0 Å². The Morgan fingerprint density at radius 1 is 1.35 bits per heavy atom. The van der Waals surface area contributed by atoms with Crippen LogP contribution in [0.15, 0.2) is 18.2 Å². The second kappa shape index (κ2) is 6.03. The first-order chi connectivity index (χ1) is 8.22. The standard InChI is InChI=1S/C12H16Cl2N2O/c13-10-2-1-8(5-11(10)14)12-9(6-15)7-16-3-4-17-12/h1-2,5,9,12,16H,3-4,6-7,15H2. The molecule has 1 saturated heterocycles. The third-order valence-corrected chi connectivity index (χ3v) is 3.72. The van der Waals surface area contributed by atoms with Crippen molar-refractivity contribution < 1.29 is 4.74 Å². The highest BCUT2D eigenvalue weighted by molar-refractivity contribution is 6.42. The highest BCUT2D eigenvalue weighted by Crippen LogP contribution is 2.31. The second-order valence-corrected chi connectivity index (χ2v) is 4.98. The van der Waals surface area contributed by atoms with Gasteiger partial charge in [0.25, 0.3) is 0 Å². The lowest BCUT2D eigenvalue weighted by Crippen LogP contribution is -2.30. The van der Waals surface area contributed by atoms with Crippen LogP contribution in [0.25, 0.3) is 0 Å². The van der Waals surface area contributed by atoms with Crippen LogP contribution in [-0.4, -0.2) is 26.2 Å². The molecule has 94 valence electrons. The molecule has 0 spiro atoms. The molecule has 1 fully saturated rings. The number of ether oxygens (including phenoxy) is 1. The predicted molar refractivity (Wildman–Crippen MR) is 70.6 cm³/mol. The zero-order chi connectivity index (χ0) is 12.3. The number of benzene rings is 1. The number of nitrogens with one attached hydrogen (secondary N) is 1. The molecule has 1 aliphatic heterocycles. The molecule has 2 atom stereocenters. The first kappa shape index (κ1) is 13.1. The summed E-state index contributed by atoms with van der Waals surface area (Å²) in [5.74, 6) is 0.259. The molecule has 0 aromatic heterocycles. The third-order valence-electron chi connectivity index (χ3n) is 2.99. The molecule has 1 aromatic carbocycles. The summed E-state index contributed by atoms with van der Waals surface area (Å²) >= 11 is 11.9. The van der Waals surface area contributed by atoms with Crippen molar-refractivity contribution in [2.24, 2.45) is 11.7 Å². The normalized spacial score (nSPS) is 25.6. The van der Waals surface area contributed by atoms with Crippen LogP contribution in [-0.2, 0) is 4.74 Å². The largest absolute Gasteiger partial charge is 0.372 e. The Hall–Kier alpha value is -0.320. The molecule has 17 heavy (non-hydrogen) atoms. The van der Waals surface area contributed by atoms with E-state index in [1.165, 1.54) is 0 Å². The summed E-state index contributed by atoms with van der Waals surface area (Å²) in [6, 6.07) is 5.61. The Labute approximate surface area is 111 Å². The van der Waals surface area contributed by atoms with Gasteiger partial charge in [0.05, 0.1) is 22.8 Å². The molecule has 0 radical (unpaired) electrons. The minimum Gasteiger partial charge on any atom is -0.372 e. The van der Waals surface area contributed by atoms with Gasteiger partial charge in [-0.3, -0.25) is 0 Å². The average Bonchev–Trinajstić information content (AvgIpc) is 2.57. The summed E-state index contributed by atoms with van der Waals surface area (Å²) in [5.41, 5.74) is 6.83. The number of halogens is 2. The van der Waals surface area contributed by atoms with Crippen molar-refractivity contribution in [2.75, 3.05) is 26.2 Å². The zero-order valence-electron chi connectivity index (χ0n) is 9.46. The Balaban J connectivity index is 2.25. The predicted octanol–water partition coefficient (Wildman–Crippen LogP) is 2.23. The minimum atomic E-state index is -0.00948. The maximum absolute atomic E-state index is 6.03. The molecule has 2 unspecified atom stereocenters. The molecule has 0 aliphatic carbocycles. The van der Waals surface area contributed by atoms with E-state index >= 15 is 0 Å². The van der Waals surface area contributed by atoms with Crippen molar-refractivity contribution in [3.8, 4) is 0 Å². The van der Waals surface area contributed by atoms with E-state index in [9.17, 15) is 0 Å². The summed E-state index contributed by atoms with van der Waals surface area (Å²) in [4.78, 5) is 0. The van der Waals surface area contributed by atoms with Crippen LogP contribution < -0.4 is 11.1 Å². The molecule has 5 heteroatoms. The molecule has 0 bridgehead atoms. The van der Waals surface area contributed by atoms with Crippen LogP contribution in [0.5, 0.6) is 0 Å². The van der Waals surface area contributed by atoms with Crippen molar-refractivity contribution >= 4 is 23.2 Å². The van der Waals surface area contributed by atoms with E-state index < -0.39 is 0 Å². The Kier molecular flexibility index (Phi) is 4.65. The number of hydrogen-bond acceptors (Lipinski definition) is 3. The van der Waals surface area contributed by atoms with Gasteiger partial charge in [0.1, 0.15) is 0 Å². The molecule has 0 amide bonds. The van der Waals surface area contributed by atoms with Crippen molar-refractivity contribution in [3.63, 3.8) is 0 Å². The van der Waals surface area contributed by atoms with E-state index in [1.807, 2.05) is 12.1 Å². The lowest BCUT2D eigenvalue weighted by molar-refractivity contribution is 0.0332. The van der Waals surface area contributed by atoms with Crippen molar-refractivity contribution in [1.29, 1.82) is 0 Å². The highest BCUT2D eigenvalue weighted by atomic mass is 35.5. The molecule has 0 saturated carbocycles. The smallest absolute Gasteiger partial charge is 0.0878 e. The van der Waals surface area contributed by atoms with Gasteiger partial charge in [-0.25, -0.2) is 0 Å². The van der Waals surface area contributed by atoms with Crippen LogP contribution in [0.4, 0.5) is 0 Å². The number of nitrogens with two attached hydrogens (primary N) is 1. The topological polar surface area (TPSA) is 47.3 Å². The highest BCUT2D eigenvalue weighted by Gasteiger charge is 2.25. The van der Waals surface area contributed by atoms with Crippen molar-refractivity contribution in [2.45, 2.75) is 6.10 Å². The van der Waals surface area contributed by atoms with Crippen LogP contribution in [0.3, 0.4) is 0 Å². The minimum absolute atomic E-state index is 0.00948. The van der Waals surface area contributed by atoms with Crippen molar-refractivity contribution in [3.05, 3.63) is 33.8 Å². The summed E-state index contributed by atoms with van der Waals surface area (Å²) in [7, 11) is 0. The van der Waals surface area contributed by atoms with Gasteiger partial charge in [-0.05, 0) is 24.2 Å². The number of rotatable bonds is 2. The van der Waals surface area contributed by atoms with Gasteiger partial charge in [0.15, 0.2) is 0 Å². The fourth-order valence-electron chi connectivity index (χ4n) is 2.05. The number of hydrogen-bond donors (Lipinski definition) is 2. The van der Waals surface area contributed by atoms with E-state index in [-0.39, 0.29) is 12.0 Å². The third kappa shape index (κ3) is 3.12. The molecular weight excluding hydrogens is 259 g/mol. The summed E-state index contributed by atoms with van der Waals surface area (Å²) in [6.07, 6.45) is -0.00948. The van der Waals surface area contributed by atoms with E-state index in [1.54, 1.807) is 6.07 Å². The first-order valence-corrected chi connectivity index (χ1v) is 6.45. The van der Waals surface area contributed by atoms with Gasteiger partial charge in [0.2, 0.25) is 0 Å². The van der Waals surface area contributed by atoms with Crippen LogP contribution in [0.2, 0.25) is 10.0 Å². The second-order valence-electron chi connectivity index (χ2n) is 4.16. The zero-order valence-corrected chi connectivity index (χ0v) is 11.0. The van der Waals surface area contributed by atoms with Crippen LogP contribution in [0.1, 0.15) is 11.7 Å². The fourth-order valence-corrected chi connectivity index (χ4v) is 2.36. The van der Waals surface area contributed by atoms with Gasteiger partial charge in [0, 0.05) is 19.0 Å². The molecular formula is C12H16Cl2N2O. The Morgan fingerprint density at radius 2 is 2.18 bits per heavy atom. The molecule has 1 heterocycles. The molecule has 3 N–H and O–H groups in total. The van der Waals surface area contributed by atoms with E-state index in [0.717, 1.165) is 18.7 Å². The summed E-state index contributed by atoms with van der Waals surface area (Å²) in [6.45, 7) is 2.98. The first-order valence-electron chi connectivity index (χ1n) is 5.69. The van der Waals surface area contributed by atoms with E-state index in [4.69, 9.17) is 33.7 Å². The van der Waals surface area contributed by atoms with Crippen LogP contribution in [0, 0.1) is 5.92 Å². The summed E-state index contributed by atoms with van der Waals surface area (Å²) < 4.78 is 5.84. The van der Waals surface area contributed by atoms with Gasteiger partial charge < -0.3 is 15.8 Å². The van der Waals surface area contributed by atoms with Gasteiger partial charge in [-0.2, -0.15) is 0 Å². The van der Waals surface area contributed by atoms with Gasteiger partial charge in [-0.1, -0.05) is 29.3 Å². The molecule has 1 aliphatic rings. The lowest BCUT2D eigenvalue weighted by Gasteiger charge is -2.24. The lowest BCUT2D eigenvalue weighted by atomic mass is 9.95. The molecule has 1 aromatic rings. The fraction of sp³-hybridized carbons (Fsp3) is 0.500. The van der Waals surface area contributed by atoms with Crippen molar-refractivity contribution in [1.82, 2.24) is 5.32 Å². The quantitative estimate of drug-likeness (QED) is 0.870. The Bertz CT molecular complexity index is 387. The Morgan fingerprint density at radius 3 is 2.88 bits per heavy atom. The van der Waals surface area contributed by atoms with E-state index in [0.29, 0.717) is 23.2 Å². The SMILES string of the molecule is NCC1CNCCOC1c1ccc(Cl)c(Cl)c1. The van der Waals surface area contributed by atoms with E-state index in [2.05, 4.69) is 5.32 Å². The molecule has 3 nitrogen and oxygen atoms in total. The maximum atomic E-state index is 6.03. The monoisotopic (exact) mass is 274 g/mol.